The van der Waals surface area contributed by atoms with Crippen molar-refractivity contribution in [3.05, 3.63) is 23.0 Å². The number of nitrogens with one attached hydrogen (secondary N) is 1. The number of likely N-dealkylation sites (tertiary alicyclic amines) is 1. The largest absolute Gasteiger partial charge is 0.378 e. The number of piperidine rings is 1. The lowest BCUT2D eigenvalue weighted by Gasteiger charge is -2.31. The van der Waals surface area contributed by atoms with Crippen molar-refractivity contribution in [1.29, 1.82) is 0 Å². The number of anilines is 1. The fraction of sp³-hybridized carbons (Fsp3) is 0.571. The fourth-order valence-corrected chi connectivity index (χ4v) is 3.54. The molecule has 2 aromatic rings. The molecule has 7 nitrogen and oxygen atoms in total. The van der Waals surface area contributed by atoms with Crippen LogP contribution in [0.3, 0.4) is 0 Å². The molecule has 1 atom stereocenters. The molecule has 0 radical (unpaired) electrons. The van der Waals surface area contributed by atoms with Gasteiger partial charge in [0.05, 0.1) is 11.3 Å². The van der Waals surface area contributed by atoms with Crippen molar-refractivity contribution in [1.82, 2.24) is 19.4 Å². The van der Waals surface area contributed by atoms with Gasteiger partial charge in [0, 0.05) is 33.0 Å². The lowest BCUT2D eigenvalue weighted by molar-refractivity contribution is 0.0704. The summed E-state index contributed by atoms with van der Waals surface area (Å²) in [6, 6.07) is 0. The van der Waals surface area contributed by atoms with Crippen LogP contribution in [0.1, 0.15) is 46.5 Å². The molecule has 118 valence electrons. The fourth-order valence-electron chi connectivity index (χ4n) is 2.80. The Bertz CT molecular complexity index is 681. The minimum atomic E-state index is 0.0283. The summed E-state index contributed by atoms with van der Waals surface area (Å²) >= 11 is 1.32. The molecule has 3 rings (SSSR count). The lowest BCUT2D eigenvalue weighted by Crippen LogP contribution is -2.39. The Labute approximate surface area is 132 Å². The number of carbonyl (C=O) groups excluding carboxylic acids is 1. The maximum Gasteiger partial charge on any atom is 0.258 e. The number of aryl methyl sites for hydroxylation is 2. The van der Waals surface area contributed by atoms with Gasteiger partial charge in [0.15, 0.2) is 5.82 Å². The van der Waals surface area contributed by atoms with Gasteiger partial charge in [-0.25, -0.2) is 0 Å². The van der Waals surface area contributed by atoms with Crippen LogP contribution in [0, 0.1) is 13.8 Å². The first-order valence-electron chi connectivity index (χ1n) is 7.33. The summed E-state index contributed by atoms with van der Waals surface area (Å²) in [5.74, 6) is 1.43. The third-order valence-corrected chi connectivity index (χ3v) is 4.88. The third-order valence-electron chi connectivity index (χ3n) is 3.92. The van der Waals surface area contributed by atoms with E-state index in [4.69, 9.17) is 4.52 Å². The highest BCUT2D eigenvalue weighted by Gasteiger charge is 2.30. The lowest BCUT2D eigenvalue weighted by atomic mass is 9.96. The summed E-state index contributed by atoms with van der Waals surface area (Å²) < 4.78 is 9.33. The third kappa shape index (κ3) is 2.70. The summed E-state index contributed by atoms with van der Waals surface area (Å²) in [7, 11) is 1.81. The van der Waals surface area contributed by atoms with Gasteiger partial charge in [0.25, 0.3) is 5.91 Å². The zero-order valence-corrected chi connectivity index (χ0v) is 13.7. The highest BCUT2D eigenvalue weighted by atomic mass is 32.1. The molecular formula is C14H19N5O2S. The number of hydrogen-bond donors (Lipinski definition) is 1. The molecule has 1 aliphatic rings. The highest BCUT2D eigenvalue weighted by molar-refractivity contribution is 7.10. The second kappa shape index (κ2) is 6.04. The van der Waals surface area contributed by atoms with Crippen molar-refractivity contribution in [2.45, 2.75) is 32.6 Å². The average molecular weight is 321 g/mol. The summed E-state index contributed by atoms with van der Waals surface area (Å²) in [4.78, 5) is 19.0. The minimum absolute atomic E-state index is 0.0283. The number of hydrogen-bond acceptors (Lipinski definition) is 7. The van der Waals surface area contributed by atoms with Crippen LogP contribution in [-0.4, -0.2) is 45.5 Å². The molecule has 0 spiro atoms. The molecule has 0 saturated carbocycles. The van der Waals surface area contributed by atoms with E-state index in [9.17, 15) is 4.79 Å². The zero-order chi connectivity index (χ0) is 15.7. The molecule has 1 saturated heterocycles. The van der Waals surface area contributed by atoms with E-state index in [1.54, 1.807) is 6.92 Å². The van der Waals surface area contributed by atoms with Crippen molar-refractivity contribution in [3.8, 4) is 0 Å². The van der Waals surface area contributed by atoms with E-state index in [0.29, 0.717) is 23.8 Å². The van der Waals surface area contributed by atoms with Gasteiger partial charge in [-0.2, -0.15) is 9.36 Å². The van der Waals surface area contributed by atoms with Crippen molar-refractivity contribution < 1.29 is 9.32 Å². The smallest absolute Gasteiger partial charge is 0.258 e. The van der Waals surface area contributed by atoms with Gasteiger partial charge in [-0.05, 0) is 31.3 Å². The van der Waals surface area contributed by atoms with Crippen LogP contribution in [-0.2, 0) is 0 Å². The summed E-state index contributed by atoms with van der Waals surface area (Å²) in [6.45, 7) is 5.03. The van der Waals surface area contributed by atoms with E-state index in [2.05, 4.69) is 19.8 Å². The van der Waals surface area contributed by atoms with Crippen LogP contribution in [0.15, 0.2) is 4.52 Å². The van der Waals surface area contributed by atoms with Crippen LogP contribution in [0.25, 0.3) is 0 Å². The van der Waals surface area contributed by atoms with E-state index in [1.807, 2.05) is 18.9 Å². The van der Waals surface area contributed by atoms with Crippen LogP contribution in [0.5, 0.6) is 0 Å². The molecule has 0 bridgehead atoms. The molecule has 1 aliphatic heterocycles. The SMILES string of the molecule is CNc1snc(C)c1C(=O)N1CCCC(c2noc(C)n2)C1. The van der Waals surface area contributed by atoms with Crippen LogP contribution >= 0.6 is 11.5 Å². The van der Waals surface area contributed by atoms with Crippen molar-refractivity contribution >= 4 is 22.4 Å². The number of rotatable bonds is 3. The standard InChI is InChI=1S/C14H19N5O2S/c1-8-11(13(15-3)22-18-8)14(20)19-6-4-5-10(7-19)12-16-9(2)21-17-12/h10,15H,4-7H2,1-3H3. The Morgan fingerprint density at radius 3 is 2.95 bits per heavy atom. The Morgan fingerprint density at radius 1 is 1.45 bits per heavy atom. The van der Waals surface area contributed by atoms with Crippen LogP contribution < -0.4 is 5.32 Å². The first-order valence-corrected chi connectivity index (χ1v) is 8.11. The number of nitrogens with zero attached hydrogens (tertiary/aromatic N) is 4. The molecule has 22 heavy (non-hydrogen) atoms. The van der Waals surface area contributed by atoms with Crippen molar-refractivity contribution in [2.75, 3.05) is 25.5 Å². The topological polar surface area (TPSA) is 84.2 Å². The normalized spacial score (nSPS) is 18.5. The average Bonchev–Trinajstić information content (AvgIpc) is 3.12. The first kappa shape index (κ1) is 15.0. The second-order valence-corrected chi connectivity index (χ2v) is 6.26. The summed E-state index contributed by atoms with van der Waals surface area (Å²) in [5.41, 5.74) is 1.45. The Hall–Kier alpha value is -1.96. The van der Waals surface area contributed by atoms with Gasteiger partial charge in [-0.1, -0.05) is 5.16 Å². The van der Waals surface area contributed by atoms with E-state index < -0.39 is 0 Å². The molecule has 1 unspecified atom stereocenters. The van der Waals surface area contributed by atoms with Gasteiger partial charge in [0.1, 0.15) is 5.00 Å². The molecule has 8 heteroatoms. The number of aromatic nitrogens is 3. The van der Waals surface area contributed by atoms with E-state index in [0.717, 1.165) is 30.1 Å². The Kier molecular flexibility index (Phi) is 4.10. The van der Waals surface area contributed by atoms with E-state index >= 15 is 0 Å². The highest BCUT2D eigenvalue weighted by Crippen LogP contribution is 2.30. The Balaban J connectivity index is 1.79. The van der Waals surface area contributed by atoms with Gasteiger partial charge >= 0.3 is 0 Å². The molecular weight excluding hydrogens is 302 g/mol. The molecule has 1 fully saturated rings. The van der Waals surface area contributed by atoms with Crippen molar-refractivity contribution in [3.63, 3.8) is 0 Å². The number of carbonyl (C=O) groups is 1. The Morgan fingerprint density at radius 2 is 2.27 bits per heavy atom. The van der Waals surface area contributed by atoms with Gasteiger partial charge in [-0.3, -0.25) is 4.79 Å². The van der Waals surface area contributed by atoms with Crippen LogP contribution in [0.4, 0.5) is 5.00 Å². The molecule has 3 heterocycles. The molecule has 0 aliphatic carbocycles. The van der Waals surface area contributed by atoms with Gasteiger partial charge < -0.3 is 14.7 Å². The van der Waals surface area contributed by atoms with Crippen molar-refractivity contribution in [2.24, 2.45) is 0 Å². The predicted octanol–water partition coefficient (Wildman–Crippen LogP) is 2.20. The predicted molar refractivity (Wildman–Crippen MR) is 83.3 cm³/mol. The van der Waals surface area contributed by atoms with Gasteiger partial charge in [-0.15, -0.1) is 0 Å². The second-order valence-electron chi connectivity index (χ2n) is 5.48. The number of amides is 1. The monoisotopic (exact) mass is 321 g/mol. The summed E-state index contributed by atoms with van der Waals surface area (Å²) in [6.07, 6.45) is 1.91. The van der Waals surface area contributed by atoms with Crippen LogP contribution in [0.2, 0.25) is 0 Å². The molecule has 2 aromatic heterocycles. The minimum Gasteiger partial charge on any atom is -0.378 e. The molecule has 1 N–H and O–H groups in total. The molecule has 0 aromatic carbocycles. The summed E-state index contributed by atoms with van der Waals surface area (Å²) in [5, 5.41) is 7.87. The maximum absolute atomic E-state index is 12.8. The maximum atomic E-state index is 12.8. The van der Waals surface area contributed by atoms with E-state index in [-0.39, 0.29) is 11.8 Å². The van der Waals surface area contributed by atoms with E-state index in [1.165, 1.54) is 11.5 Å². The quantitative estimate of drug-likeness (QED) is 0.933. The first-order chi connectivity index (χ1) is 10.6. The van der Waals surface area contributed by atoms with Gasteiger partial charge in [0.2, 0.25) is 5.89 Å². The zero-order valence-electron chi connectivity index (χ0n) is 12.9. The molecule has 1 amide bonds.